The molecule has 0 spiro atoms. The van der Waals surface area contributed by atoms with E-state index in [9.17, 15) is 10.2 Å². The fourth-order valence-corrected chi connectivity index (χ4v) is 3.31. The molecule has 138 valence electrons. The minimum atomic E-state index is -0.112. The quantitative estimate of drug-likeness (QED) is 0.405. The monoisotopic (exact) mass is 432 g/mol. The van der Waals surface area contributed by atoms with Crippen LogP contribution < -0.4 is 0 Å². The number of hydrogen-bond acceptors (Lipinski definition) is 4. The minimum absolute atomic E-state index is 0.112. The summed E-state index contributed by atoms with van der Waals surface area (Å²) in [6.07, 6.45) is 0.958. The molecule has 2 N–H and O–H groups in total. The Hall–Kier alpha value is -1.46. The summed E-state index contributed by atoms with van der Waals surface area (Å²) in [5.74, 6) is -0.225. The van der Waals surface area contributed by atoms with Crippen LogP contribution in [0.3, 0.4) is 0 Å². The molecule has 0 amide bonds. The van der Waals surface area contributed by atoms with Crippen molar-refractivity contribution >= 4 is 57.8 Å². The topological polar surface area (TPSA) is 65.2 Å². The molecule has 0 aliphatic carbocycles. The van der Waals surface area contributed by atoms with Crippen molar-refractivity contribution in [2.24, 2.45) is 10.2 Å². The van der Waals surface area contributed by atoms with Gasteiger partial charge in [-0.3, -0.25) is 0 Å². The molecular weight excluding hydrogens is 418 g/mol. The van der Waals surface area contributed by atoms with Gasteiger partial charge in [-0.25, -0.2) is 0 Å². The highest BCUT2D eigenvalue weighted by Crippen LogP contribution is 2.33. The summed E-state index contributed by atoms with van der Waals surface area (Å²) in [7, 11) is 0. The van der Waals surface area contributed by atoms with E-state index in [2.05, 4.69) is 10.2 Å². The van der Waals surface area contributed by atoms with E-state index < -0.39 is 0 Å². The van der Waals surface area contributed by atoms with Crippen molar-refractivity contribution in [3.8, 4) is 11.5 Å². The molecule has 0 fully saturated rings. The summed E-state index contributed by atoms with van der Waals surface area (Å²) in [5.41, 5.74) is 1.78. The van der Waals surface area contributed by atoms with Crippen molar-refractivity contribution in [2.75, 3.05) is 0 Å². The van der Waals surface area contributed by atoms with E-state index in [0.717, 1.165) is 0 Å². The van der Waals surface area contributed by atoms with Crippen LogP contribution in [0.25, 0.3) is 0 Å². The summed E-state index contributed by atoms with van der Waals surface area (Å²) in [4.78, 5) is 0. The molecule has 0 saturated heterocycles. The van der Waals surface area contributed by atoms with Crippen LogP contribution in [0.2, 0.25) is 20.1 Å². The van der Waals surface area contributed by atoms with E-state index in [4.69, 9.17) is 46.4 Å². The minimum Gasteiger partial charge on any atom is -0.506 e. The van der Waals surface area contributed by atoms with E-state index >= 15 is 0 Å². The highest BCUT2D eigenvalue weighted by Gasteiger charge is 2.15. The second kappa shape index (κ2) is 8.96. The SMILES string of the molecule is CC/C(=N\N=C(/CC)c1cc(Cl)cc(Cl)c1O)c1cc(Cl)cc(Cl)c1O. The third kappa shape index (κ3) is 4.63. The largest absolute Gasteiger partial charge is 0.506 e. The number of nitrogens with zero attached hydrogens (tertiary/aromatic N) is 2. The molecule has 8 heteroatoms. The number of phenolic OH excluding ortho intramolecular Hbond substituents is 2. The number of benzene rings is 2. The van der Waals surface area contributed by atoms with Gasteiger partial charge in [-0.15, -0.1) is 0 Å². The first-order valence-electron chi connectivity index (χ1n) is 7.78. The maximum atomic E-state index is 10.2. The van der Waals surface area contributed by atoms with Crippen LogP contribution in [0.4, 0.5) is 0 Å². The number of halogens is 4. The normalized spacial score (nSPS) is 12.5. The molecule has 26 heavy (non-hydrogen) atoms. The lowest BCUT2D eigenvalue weighted by molar-refractivity contribution is 0.473. The van der Waals surface area contributed by atoms with Crippen LogP contribution in [-0.4, -0.2) is 21.6 Å². The van der Waals surface area contributed by atoms with Crippen LogP contribution in [0.15, 0.2) is 34.5 Å². The van der Waals surface area contributed by atoms with Crippen LogP contribution in [0.1, 0.15) is 37.8 Å². The fraction of sp³-hybridized carbons (Fsp3) is 0.222. The number of rotatable bonds is 5. The van der Waals surface area contributed by atoms with Crippen molar-refractivity contribution < 1.29 is 10.2 Å². The molecule has 0 bridgehead atoms. The first kappa shape index (κ1) is 20.8. The molecule has 0 saturated carbocycles. The molecule has 0 radical (unpaired) electrons. The van der Waals surface area contributed by atoms with Gasteiger partial charge in [-0.1, -0.05) is 60.3 Å². The van der Waals surface area contributed by atoms with Crippen molar-refractivity contribution in [2.45, 2.75) is 26.7 Å². The van der Waals surface area contributed by atoms with Gasteiger partial charge in [0.25, 0.3) is 0 Å². The molecule has 0 aliphatic rings. The zero-order valence-corrected chi connectivity index (χ0v) is 17.0. The van der Waals surface area contributed by atoms with E-state index in [1.165, 1.54) is 12.1 Å². The maximum absolute atomic E-state index is 10.2. The summed E-state index contributed by atoms with van der Waals surface area (Å²) < 4.78 is 0. The van der Waals surface area contributed by atoms with Crippen molar-refractivity contribution in [3.05, 3.63) is 55.5 Å². The number of hydrogen-bond donors (Lipinski definition) is 2. The van der Waals surface area contributed by atoms with Crippen molar-refractivity contribution in [1.29, 1.82) is 0 Å². The second-order valence-electron chi connectivity index (χ2n) is 5.37. The Labute approximate surface area is 171 Å². The Balaban J connectivity index is 2.55. The lowest BCUT2D eigenvalue weighted by atomic mass is 10.1. The predicted molar refractivity (Wildman–Crippen MR) is 110 cm³/mol. The van der Waals surface area contributed by atoms with E-state index in [1.54, 1.807) is 12.1 Å². The van der Waals surface area contributed by atoms with Gasteiger partial charge in [-0.2, -0.15) is 10.2 Å². The molecule has 0 atom stereocenters. The number of phenols is 2. The molecule has 2 aromatic rings. The van der Waals surface area contributed by atoms with Crippen LogP contribution in [0.5, 0.6) is 11.5 Å². The molecule has 0 unspecified atom stereocenters. The summed E-state index contributed by atoms with van der Waals surface area (Å²) in [5, 5.41) is 29.9. The summed E-state index contributed by atoms with van der Waals surface area (Å²) >= 11 is 24.0. The Bertz CT molecular complexity index is 822. The third-order valence-corrected chi connectivity index (χ3v) is 4.65. The lowest BCUT2D eigenvalue weighted by Crippen LogP contribution is -2.03. The molecule has 2 rings (SSSR count). The zero-order valence-electron chi connectivity index (χ0n) is 14.0. The van der Waals surface area contributed by atoms with Gasteiger partial charge < -0.3 is 10.2 Å². The highest BCUT2D eigenvalue weighted by molar-refractivity contribution is 6.37. The zero-order chi connectivity index (χ0) is 19.4. The molecular formula is C18H16Cl4N2O2. The van der Waals surface area contributed by atoms with Crippen LogP contribution in [0, 0.1) is 0 Å². The van der Waals surface area contributed by atoms with Gasteiger partial charge in [0.2, 0.25) is 0 Å². The Morgan fingerprint density at radius 3 is 1.38 bits per heavy atom. The van der Waals surface area contributed by atoms with E-state index in [-0.39, 0.29) is 21.5 Å². The second-order valence-corrected chi connectivity index (χ2v) is 7.06. The van der Waals surface area contributed by atoms with Gasteiger partial charge in [0.05, 0.1) is 21.5 Å². The summed E-state index contributed by atoms with van der Waals surface area (Å²) in [6, 6.07) is 6.03. The van der Waals surface area contributed by atoms with Gasteiger partial charge in [0.15, 0.2) is 0 Å². The summed E-state index contributed by atoms with van der Waals surface area (Å²) in [6.45, 7) is 3.73. The standard InChI is InChI=1S/C18H16Cl4N2O2/c1-3-15(11-5-9(19)7-13(21)17(11)25)23-24-16(4-2)12-6-10(20)8-14(22)18(12)26/h5-8,25-26H,3-4H2,1-2H3/b23-15+,24-16+. The molecule has 0 heterocycles. The smallest absolute Gasteiger partial charge is 0.143 e. The van der Waals surface area contributed by atoms with Crippen molar-refractivity contribution in [3.63, 3.8) is 0 Å². The first-order valence-corrected chi connectivity index (χ1v) is 9.29. The van der Waals surface area contributed by atoms with Gasteiger partial charge in [0.1, 0.15) is 11.5 Å². The van der Waals surface area contributed by atoms with E-state index in [0.29, 0.717) is 45.4 Å². The molecule has 0 aliphatic heterocycles. The number of aromatic hydroxyl groups is 2. The van der Waals surface area contributed by atoms with Crippen molar-refractivity contribution in [1.82, 2.24) is 0 Å². The van der Waals surface area contributed by atoms with E-state index in [1.807, 2.05) is 13.8 Å². The Morgan fingerprint density at radius 2 is 1.08 bits per heavy atom. The van der Waals surface area contributed by atoms with Gasteiger partial charge in [-0.05, 0) is 37.1 Å². The third-order valence-electron chi connectivity index (χ3n) is 3.64. The Morgan fingerprint density at radius 1 is 0.731 bits per heavy atom. The first-order chi connectivity index (χ1) is 12.3. The van der Waals surface area contributed by atoms with Gasteiger partial charge in [0, 0.05) is 21.2 Å². The molecule has 0 aromatic heterocycles. The van der Waals surface area contributed by atoms with Crippen LogP contribution in [-0.2, 0) is 0 Å². The molecule has 2 aromatic carbocycles. The van der Waals surface area contributed by atoms with Crippen LogP contribution >= 0.6 is 46.4 Å². The highest BCUT2D eigenvalue weighted by atomic mass is 35.5. The predicted octanol–water partition coefficient (Wildman–Crippen LogP) is 6.72. The average molecular weight is 434 g/mol. The average Bonchev–Trinajstić information content (AvgIpc) is 2.59. The lowest BCUT2D eigenvalue weighted by Gasteiger charge is -2.10. The fourth-order valence-electron chi connectivity index (χ4n) is 2.32. The van der Waals surface area contributed by atoms with Gasteiger partial charge >= 0.3 is 0 Å². The molecule has 4 nitrogen and oxygen atoms in total. The maximum Gasteiger partial charge on any atom is 0.143 e. The Kier molecular flexibility index (Phi) is 7.18.